The van der Waals surface area contributed by atoms with Gasteiger partial charge in [0.15, 0.2) is 0 Å². The number of ether oxygens (including phenoxy) is 1. The zero-order chi connectivity index (χ0) is 14.8. The molecule has 3 unspecified atom stereocenters. The Kier molecular flexibility index (Phi) is 5.41. The van der Waals surface area contributed by atoms with Crippen molar-refractivity contribution in [2.75, 3.05) is 18.9 Å². The number of hydrogen-bond donors (Lipinski definition) is 2. The summed E-state index contributed by atoms with van der Waals surface area (Å²) in [6, 6.07) is 0. The first-order valence-corrected chi connectivity index (χ1v) is 9.74. The molecule has 2 aliphatic heterocycles. The summed E-state index contributed by atoms with van der Waals surface area (Å²) in [6.07, 6.45) is 2.59. The SMILES string of the molecule is CC(=O)NCCOC1CCSC2SC(S(N)(=O)=O)=CC12. The lowest BCUT2D eigenvalue weighted by molar-refractivity contribution is -0.119. The highest BCUT2D eigenvalue weighted by molar-refractivity contribution is 8.25. The zero-order valence-electron chi connectivity index (χ0n) is 11.1. The molecule has 114 valence electrons. The molecule has 0 aromatic heterocycles. The molecule has 1 amide bonds. The molecule has 0 radical (unpaired) electrons. The van der Waals surface area contributed by atoms with Crippen molar-refractivity contribution in [3.8, 4) is 0 Å². The van der Waals surface area contributed by atoms with E-state index in [-0.39, 0.29) is 26.7 Å². The number of amides is 1. The van der Waals surface area contributed by atoms with Crippen LogP contribution in [0.2, 0.25) is 0 Å². The Morgan fingerprint density at radius 1 is 1.60 bits per heavy atom. The van der Waals surface area contributed by atoms with Crippen LogP contribution in [0.3, 0.4) is 0 Å². The molecule has 1 saturated heterocycles. The van der Waals surface area contributed by atoms with E-state index in [1.54, 1.807) is 17.8 Å². The van der Waals surface area contributed by atoms with Crippen molar-refractivity contribution < 1.29 is 17.9 Å². The van der Waals surface area contributed by atoms with E-state index < -0.39 is 10.0 Å². The lowest BCUT2D eigenvalue weighted by Crippen LogP contribution is -2.34. The van der Waals surface area contributed by atoms with E-state index in [1.807, 2.05) is 0 Å². The number of thioether (sulfide) groups is 2. The van der Waals surface area contributed by atoms with Crippen LogP contribution in [0.25, 0.3) is 0 Å². The van der Waals surface area contributed by atoms with Gasteiger partial charge in [0.25, 0.3) is 0 Å². The number of carbonyl (C=O) groups is 1. The summed E-state index contributed by atoms with van der Waals surface area (Å²) in [5, 5.41) is 7.85. The van der Waals surface area contributed by atoms with E-state index in [2.05, 4.69) is 5.32 Å². The van der Waals surface area contributed by atoms with Crippen LogP contribution >= 0.6 is 23.5 Å². The summed E-state index contributed by atoms with van der Waals surface area (Å²) < 4.78 is 29.0. The number of nitrogens with one attached hydrogen (secondary N) is 1. The van der Waals surface area contributed by atoms with Crippen molar-refractivity contribution in [2.45, 2.75) is 24.0 Å². The summed E-state index contributed by atoms with van der Waals surface area (Å²) in [5.74, 6) is 0.910. The van der Waals surface area contributed by atoms with E-state index in [0.29, 0.717) is 13.2 Å². The Morgan fingerprint density at radius 2 is 2.35 bits per heavy atom. The van der Waals surface area contributed by atoms with Crippen LogP contribution in [-0.2, 0) is 19.6 Å². The van der Waals surface area contributed by atoms with Gasteiger partial charge in [-0.3, -0.25) is 4.79 Å². The minimum atomic E-state index is -3.62. The smallest absolute Gasteiger partial charge is 0.243 e. The van der Waals surface area contributed by atoms with Crippen LogP contribution < -0.4 is 10.5 Å². The van der Waals surface area contributed by atoms with E-state index in [9.17, 15) is 13.2 Å². The van der Waals surface area contributed by atoms with Gasteiger partial charge in [-0.25, -0.2) is 13.6 Å². The number of rotatable bonds is 5. The van der Waals surface area contributed by atoms with Gasteiger partial charge < -0.3 is 10.1 Å². The molecule has 1 fully saturated rings. The molecule has 2 aliphatic rings. The van der Waals surface area contributed by atoms with Gasteiger partial charge >= 0.3 is 0 Å². The van der Waals surface area contributed by atoms with E-state index in [0.717, 1.165) is 12.2 Å². The van der Waals surface area contributed by atoms with Crippen LogP contribution in [0.15, 0.2) is 10.3 Å². The van der Waals surface area contributed by atoms with Crippen molar-refractivity contribution >= 4 is 39.5 Å². The summed E-state index contributed by atoms with van der Waals surface area (Å²) in [7, 11) is -3.62. The second kappa shape index (κ2) is 6.69. The Hall–Kier alpha value is -0.220. The molecule has 3 atom stereocenters. The molecule has 0 aromatic carbocycles. The third-order valence-corrected chi connectivity index (χ3v) is 7.49. The molecule has 6 nitrogen and oxygen atoms in total. The van der Waals surface area contributed by atoms with Crippen molar-refractivity contribution in [3.63, 3.8) is 0 Å². The maximum absolute atomic E-state index is 11.4. The number of primary sulfonamides is 1. The number of nitrogens with two attached hydrogens (primary N) is 1. The van der Waals surface area contributed by atoms with Crippen molar-refractivity contribution in [1.29, 1.82) is 0 Å². The standard InChI is InChI=1S/C11H18N2O4S3/c1-7(14)13-3-4-17-9-2-5-18-11-8(9)6-10(19-11)20(12,15)16/h6,8-9,11H,2-5H2,1H3,(H,13,14)(H2,12,15,16). The molecule has 20 heavy (non-hydrogen) atoms. The quantitative estimate of drug-likeness (QED) is 0.707. The van der Waals surface area contributed by atoms with Gasteiger partial charge in [-0.05, 0) is 12.2 Å². The molecule has 3 N–H and O–H groups in total. The minimum absolute atomic E-state index is 0.0123. The van der Waals surface area contributed by atoms with E-state index >= 15 is 0 Å². The van der Waals surface area contributed by atoms with Crippen LogP contribution in [0.1, 0.15) is 13.3 Å². The average Bonchev–Trinajstić information content (AvgIpc) is 2.78. The largest absolute Gasteiger partial charge is 0.376 e. The van der Waals surface area contributed by atoms with Gasteiger partial charge in [-0.15, -0.1) is 11.8 Å². The molecule has 0 aliphatic carbocycles. The Balaban J connectivity index is 1.93. The van der Waals surface area contributed by atoms with E-state index in [1.165, 1.54) is 18.7 Å². The van der Waals surface area contributed by atoms with Gasteiger partial charge in [0, 0.05) is 19.4 Å². The van der Waals surface area contributed by atoms with E-state index in [4.69, 9.17) is 9.88 Å². The molecule has 0 bridgehead atoms. The maximum atomic E-state index is 11.4. The number of fused-ring (bicyclic) bond motifs is 1. The van der Waals surface area contributed by atoms with Gasteiger partial charge in [0.2, 0.25) is 15.9 Å². The highest BCUT2D eigenvalue weighted by Crippen LogP contribution is 2.49. The summed E-state index contributed by atoms with van der Waals surface area (Å²) in [5.41, 5.74) is 0. The minimum Gasteiger partial charge on any atom is -0.376 e. The molecular weight excluding hydrogens is 320 g/mol. The first-order valence-electron chi connectivity index (χ1n) is 6.27. The predicted molar refractivity (Wildman–Crippen MR) is 81.6 cm³/mol. The number of hydrogen-bond acceptors (Lipinski definition) is 6. The predicted octanol–water partition coefficient (Wildman–Crippen LogP) is 0.464. The molecule has 2 heterocycles. The van der Waals surface area contributed by atoms with Gasteiger partial charge in [0.1, 0.15) is 4.24 Å². The second-order valence-corrected chi connectivity index (χ2v) is 9.17. The third-order valence-electron chi connectivity index (χ3n) is 3.08. The van der Waals surface area contributed by atoms with Crippen LogP contribution in [0.4, 0.5) is 0 Å². The Morgan fingerprint density at radius 3 is 3.00 bits per heavy atom. The topological polar surface area (TPSA) is 98.5 Å². The first kappa shape index (κ1) is 16.2. The summed E-state index contributed by atoms with van der Waals surface area (Å²) in [4.78, 5) is 10.8. The van der Waals surface area contributed by atoms with Gasteiger partial charge in [-0.1, -0.05) is 17.8 Å². The highest BCUT2D eigenvalue weighted by Gasteiger charge is 2.40. The zero-order valence-corrected chi connectivity index (χ0v) is 13.5. The van der Waals surface area contributed by atoms with Gasteiger partial charge in [0.05, 0.1) is 17.3 Å². The number of sulfonamides is 1. The normalized spacial score (nSPS) is 29.7. The van der Waals surface area contributed by atoms with Crippen LogP contribution in [0.5, 0.6) is 0 Å². The summed E-state index contributed by atoms with van der Waals surface area (Å²) >= 11 is 3.05. The van der Waals surface area contributed by atoms with Gasteiger partial charge in [-0.2, -0.15) is 0 Å². The molecule has 0 spiro atoms. The van der Waals surface area contributed by atoms with Crippen molar-refractivity contribution in [2.24, 2.45) is 11.1 Å². The molecule has 0 aromatic rings. The number of carbonyl (C=O) groups excluding carboxylic acids is 1. The fourth-order valence-corrected chi connectivity index (χ4v) is 6.38. The monoisotopic (exact) mass is 338 g/mol. The third kappa shape index (κ3) is 4.14. The lowest BCUT2D eigenvalue weighted by atomic mass is 10.0. The second-order valence-electron chi connectivity index (χ2n) is 4.65. The first-order chi connectivity index (χ1) is 9.38. The van der Waals surface area contributed by atoms with Crippen molar-refractivity contribution in [3.05, 3.63) is 10.3 Å². The molecular formula is C11H18N2O4S3. The van der Waals surface area contributed by atoms with Crippen LogP contribution in [0, 0.1) is 5.92 Å². The maximum Gasteiger partial charge on any atom is 0.243 e. The molecule has 0 saturated carbocycles. The average molecular weight is 338 g/mol. The Bertz CT molecular complexity index is 506. The Labute approximate surface area is 127 Å². The molecule has 9 heteroatoms. The van der Waals surface area contributed by atoms with Crippen LogP contribution in [-0.4, -0.2) is 43.9 Å². The lowest BCUT2D eigenvalue weighted by Gasteiger charge is -2.32. The van der Waals surface area contributed by atoms with Crippen molar-refractivity contribution in [1.82, 2.24) is 5.32 Å². The highest BCUT2D eigenvalue weighted by atomic mass is 32.3. The summed E-state index contributed by atoms with van der Waals surface area (Å²) in [6.45, 7) is 2.36. The molecule has 2 rings (SSSR count). The fraction of sp³-hybridized carbons (Fsp3) is 0.727. The fourth-order valence-electron chi connectivity index (χ4n) is 2.18.